The van der Waals surface area contributed by atoms with Gasteiger partial charge in [0.05, 0.1) is 11.0 Å². The number of nitriles is 1. The van der Waals surface area contributed by atoms with Gasteiger partial charge in [-0.3, -0.25) is 4.40 Å². The van der Waals surface area contributed by atoms with Crippen molar-refractivity contribution in [3.8, 4) is 17.4 Å². The summed E-state index contributed by atoms with van der Waals surface area (Å²) in [5.74, 6) is -0.0365. The highest BCUT2D eigenvalue weighted by molar-refractivity contribution is 6.02. The van der Waals surface area contributed by atoms with Gasteiger partial charge in [-0.1, -0.05) is 12.1 Å². The quantitative estimate of drug-likeness (QED) is 0.483. The normalized spacial score (nSPS) is 11.3. The van der Waals surface area contributed by atoms with Gasteiger partial charge in [-0.25, -0.2) is 14.2 Å². The molecule has 0 aliphatic carbocycles. The Morgan fingerprint density at radius 3 is 2.64 bits per heavy atom. The fourth-order valence-electron chi connectivity index (χ4n) is 3.47. The van der Waals surface area contributed by atoms with Crippen molar-refractivity contribution in [2.45, 2.75) is 0 Å². The maximum absolute atomic E-state index is 13.2. The Bertz CT molecular complexity index is 1510. The second-order valence-electron chi connectivity index (χ2n) is 6.33. The van der Waals surface area contributed by atoms with Gasteiger partial charge in [-0.2, -0.15) is 5.26 Å². The van der Waals surface area contributed by atoms with Crippen LogP contribution in [0, 0.1) is 17.1 Å². The second-order valence-corrected chi connectivity index (χ2v) is 6.33. The fourth-order valence-corrected chi connectivity index (χ4v) is 3.47. The van der Waals surface area contributed by atoms with Gasteiger partial charge >= 0.3 is 5.63 Å². The van der Waals surface area contributed by atoms with Crippen LogP contribution in [0.15, 0.2) is 63.8 Å². The Hall–Kier alpha value is -4.18. The van der Waals surface area contributed by atoms with Gasteiger partial charge in [0.15, 0.2) is 5.65 Å². The monoisotopic (exact) mass is 370 g/mol. The van der Waals surface area contributed by atoms with E-state index in [1.807, 2.05) is 18.2 Å². The number of imidazole rings is 1. The second kappa shape index (κ2) is 5.66. The minimum absolute atomic E-state index is 0.109. The Morgan fingerprint density at radius 2 is 1.89 bits per heavy atom. The molecule has 0 radical (unpaired) electrons. The first kappa shape index (κ1) is 16.0. The highest BCUT2D eigenvalue weighted by Crippen LogP contribution is 2.32. The number of pyridine rings is 1. The number of hydrogen-bond donors (Lipinski definition) is 1. The van der Waals surface area contributed by atoms with Gasteiger partial charge in [-0.05, 0) is 42.5 Å². The van der Waals surface area contributed by atoms with Crippen molar-refractivity contribution in [3.05, 3.63) is 76.4 Å². The van der Waals surface area contributed by atoms with E-state index in [-0.39, 0.29) is 22.5 Å². The number of nitrogens with two attached hydrogens (primary N) is 1. The lowest BCUT2D eigenvalue weighted by Crippen LogP contribution is -2.09. The number of hydrogen-bond acceptors (Lipinski definition) is 5. The molecule has 0 saturated carbocycles. The van der Waals surface area contributed by atoms with Crippen molar-refractivity contribution in [3.63, 3.8) is 0 Å². The molecule has 6 nitrogen and oxygen atoms in total. The zero-order chi connectivity index (χ0) is 19.4. The van der Waals surface area contributed by atoms with Crippen LogP contribution in [0.25, 0.3) is 38.8 Å². The maximum atomic E-state index is 13.2. The molecule has 0 atom stereocenters. The summed E-state index contributed by atoms with van der Waals surface area (Å²) in [6.07, 6.45) is 0. The molecule has 5 rings (SSSR count). The Labute approximate surface area is 156 Å². The first-order valence-corrected chi connectivity index (χ1v) is 8.41. The van der Waals surface area contributed by atoms with Gasteiger partial charge in [0.2, 0.25) is 0 Å². The van der Waals surface area contributed by atoms with Crippen molar-refractivity contribution in [2.24, 2.45) is 0 Å². The number of nitrogen functional groups attached to an aromatic ring is 1. The molecule has 5 aromatic rings. The molecule has 0 aliphatic heterocycles. The summed E-state index contributed by atoms with van der Waals surface area (Å²) in [5.41, 5.74) is 8.07. The number of aromatic nitrogens is 2. The molecule has 28 heavy (non-hydrogen) atoms. The SMILES string of the molecule is N#Cc1c2cc(-c3ccc(F)cc3)oc(=O)c2c(N)n2c1nc1ccccc12. The number of benzene rings is 2. The summed E-state index contributed by atoms with van der Waals surface area (Å²) in [5, 5.41) is 10.3. The van der Waals surface area contributed by atoms with Gasteiger partial charge in [0.25, 0.3) is 0 Å². The summed E-state index contributed by atoms with van der Waals surface area (Å²) in [6.45, 7) is 0. The first-order valence-electron chi connectivity index (χ1n) is 8.41. The minimum Gasteiger partial charge on any atom is -0.422 e. The minimum atomic E-state index is -0.675. The maximum Gasteiger partial charge on any atom is 0.347 e. The highest BCUT2D eigenvalue weighted by atomic mass is 19.1. The third-order valence-electron chi connectivity index (χ3n) is 4.74. The largest absolute Gasteiger partial charge is 0.422 e. The molecule has 3 heterocycles. The smallest absolute Gasteiger partial charge is 0.347 e. The number of rotatable bonds is 1. The number of halogens is 1. The van der Waals surface area contributed by atoms with Crippen LogP contribution in [0.2, 0.25) is 0 Å². The van der Waals surface area contributed by atoms with Crippen LogP contribution in [0.5, 0.6) is 0 Å². The predicted octanol–water partition coefficient (Wildman–Crippen LogP) is 3.85. The van der Waals surface area contributed by atoms with Crippen LogP contribution in [0.1, 0.15) is 5.56 Å². The van der Waals surface area contributed by atoms with Gasteiger partial charge in [0.1, 0.15) is 34.4 Å². The number of anilines is 1. The molecular weight excluding hydrogens is 359 g/mol. The highest BCUT2D eigenvalue weighted by Gasteiger charge is 2.20. The van der Waals surface area contributed by atoms with Crippen molar-refractivity contribution < 1.29 is 8.81 Å². The molecule has 134 valence electrons. The van der Waals surface area contributed by atoms with E-state index >= 15 is 0 Å². The zero-order valence-electron chi connectivity index (χ0n) is 14.3. The standard InChI is InChI=1S/C21H11FN4O2/c22-12-7-5-11(6-8-12)17-9-13-14(10-23)20-25-15-3-1-2-4-16(15)26(20)19(24)18(13)21(27)28-17/h1-9H,24H2. The number of para-hydroxylation sites is 2. The lowest BCUT2D eigenvalue weighted by Gasteiger charge is -2.09. The predicted molar refractivity (Wildman–Crippen MR) is 103 cm³/mol. The zero-order valence-corrected chi connectivity index (χ0v) is 14.3. The molecule has 3 aromatic heterocycles. The lowest BCUT2D eigenvalue weighted by atomic mass is 10.1. The average Bonchev–Trinajstić information content (AvgIpc) is 3.08. The van der Waals surface area contributed by atoms with E-state index < -0.39 is 11.4 Å². The van der Waals surface area contributed by atoms with Gasteiger partial charge in [-0.15, -0.1) is 0 Å². The van der Waals surface area contributed by atoms with Crippen molar-refractivity contribution >= 4 is 33.3 Å². The number of fused-ring (bicyclic) bond motifs is 4. The van der Waals surface area contributed by atoms with Crippen LogP contribution in [-0.2, 0) is 0 Å². The molecule has 0 unspecified atom stereocenters. The third kappa shape index (κ3) is 2.12. The molecule has 7 heteroatoms. The Balaban J connectivity index is 1.97. The summed E-state index contributed by atoms with van der Waals surface area (Å²) < 4.78 is 20.2. The van der Waals surface area contributed by atoms with E-state index in [9.17, 15) is 14.4 Å². The summed E-state index contributed by atoms with van der Waals surface area (Å²) in [7, 11) is 0. The average molecular weight is 370 g/mol. The summed E-state index contributed by atoms with van der Waals surface area (Å²) in [6, 6.07) is 16.5. The Morgan fingerprint density at radius 1 is 1.14 bits per heavy atom. The first-order chi connectivity index (χ1) is 13.6. The van der Waals surface area contributed by atoms with Crippen LogP contribution < -0.4 is 11.4 Å². The van der Waals surface area contributed by atoms with E-state index in [1.54, 1.807) is 16.5 Å². The van der Waals surface area contributed by atoms with Crippen LogP contribution in [-0.4, -0.2) is 9.38 Å². The van der Waals surface area contributed by atoms with Gasteiger partial charge in [0, 0.05) is 10.9 Å². The fraction of sp³-hybridized carbons (Fsp3) is 0. The molecule has 0 aliphatic rings. The Kier molecular flexibility index (Phi) is 3.24. The molecule has 0 saturated heterocycles. The van der Waals surface area contributed by atoms with E-state index in [0.29, 0.717) is 27.6 Å². The van der Waals surface area contributed by atoms with E-state index in [1.165, 1.54) is 24.3 Å². The molecule has 0 spiro atoms. The van der Waals surface area contributed by atoms with Crippen molar-refractivity contribution in [1.29, 1.82) is 5.26 Å². The van der Waals surface area contributed by atoms with Crippen LogP contribution in [0.4, 0.5) is 10.2 Å². The van der Waals surface area contributed by atoms with E-state index in [0.717, 1.165) is 0 Å². The molecule has 2 N–H and O–H groups in total. The van der Waals surface area contributed by atoms with E-state index in [4.69, 9.17) is 10.2 Å². The van der Waals surface area contributed by atoms with Crippen LogP contribution in [0.3, 0.4) is 0 Å². The molecule has 0 amide bonds. The topological polar surface area (TPSA) is 97.3 Å². The van der Waals surface area contributed by atoms with Crippen molar-refractivity contribution in [2.75, 3.05) is 5.73 Å². The molecule has 2 aromatic carbocycles. The molecule has 0 fully saturated rings. The molecule has 0 bridgehead atoms. The van der Waals surface area contributed by atoms with Crippen LogP contribution >= 0.6 is 0 Å². The summed E-state index contributed by atoms with van der Waals surface area (Å²) >= 11 is 0. The molecular formula is C21H11FN4O2. The number of nitrogens with zero attached hydrogens (tertiary/aromatic N) is 3. The summed E-state index contributed by atoms with van der Waals surface area (Å²) in [4.78, 5) is 17.3. The lowest BCUT2D eigenvalue weighted by molar-refractivity contribution is 0.534. The van der Waals surface area contributed by atoms with Crippen molar-refractivity contribution in [1.82, 2.24) is 9.38 Å². The third-order valence-corrected chi connectivity index (χ3v) is 4.74. The van der Waals surface area contributed by atoms with Gasteiger partial charge < -0.3 is 10.2 Å². The van der Waals surface area contributed by atoms with E-state index in [2.05, 4.69) is 11.1 Å².